The Morgan fingerprint density at radius 1 is 0.833 bits per heavy atom. The molecule has 44 valence electrons. The van der Waals surface area contributed by atoms with Crippen molar-refractivity contribution in [3.8, 4) is 0 Å². The molecule has 0 N–H and O–H groups in total. The maximum absolute atomic E-state index is 2.04. The molecule has 0 bridgehead atoms. The van der Waals surface area contributed by atoms with Gasteiger partial charge in [-0.1, -0.05) is 0 Å². The van der Waals surface area contributed by atoms with Crippen molar-refractivity contribution in [2.75, 3.05) is 12.5 Å². The molecular weight excluding hydrogens is 296 g/mol. The van der Waals surface area contributed by atoms with Crippen molar-refractivity contribution in [3.05, 3.63) is 0 Å². The van der Waals surface area contributed by atoms with Crippen molar-refractivity contribution in [1.82, 2.24) is 0 Å². The van der Waals surface area contributed by atoms with Gasteiger partial charge in [-0.15, -0.1) is 50.9 Å². The highest BCUT2D eigenvalue weighted by Gasteiger charge is 1.32. The van der Waals surface area contributed by atoms with E-state index in [1.54, 1.807) is 11.8 Å². The molecule has 0 spiro atoms. The minimum Gasteiger partial charge on any atom is -0.169 e. The first kappa shape index (κ1) is 25.0. The molecule has 0 aliphatic heterocycles. The van der Waals surface area contributed by atoms with Crippen LogP contribution in [0.4, 0.5) is 0 Å². The Labute approximate surface area is 74.8 Å². The third-order valence-corrected chi connectivity index (χ3v) is 0. The van der Waals surface area contributed by atoms with Gasteiger partial charge in [0.1, 0.15) is 0 Å². The van der Waals surface area contributed by atoms with Crippen LogP contribution < -0.4 is 0 Å². The largest absolute Gasteiger partial charge is 0.169 e. The normalized spacial score (nSPS) is 3.00. The molecule has 0 aromatic rings. The molecular formula is C2H9Br3S. The van der Waals surface area contributed by atoms with Crippen LogP contribution in [-0.2, 0) is 0 Å². The minimum absolute atomic E-state index is 0. The molecule has 0 saturated heterocycles. The summed E-state index contributed by atoms with van der Waals surface area (Å²) in [5.41, 5.74) is 0. The molecule has 0 aliphatic carbocycles. The number of hydrogen-bond acceptors (Lipinski definition) is 1. The Hall–Kier alpha value is 1.79. The fourth-order valence-electron chi connectivity index (χ4n) is 0. The lowest BCUT2D eigenvalue weighted by Crippen LogP contribution is -1.25. The van der Waals surface area contributed by atoms with Gasteiger partial charge in [0.2, 0.25) is 0 Å². The van der Waals surface area contributed by atoms with Crippen molar-refractivity contribution in [2.24, 2.45) is 0 Å². The van der Waals surface area contributed by atoms with E-state index in [0.717, 1.165) is 0 Å². The lowest BCUT2D eigenvalue weighted by atomic mass is 11.9. The number of rotatable bonds is 0. The number of thioether (sulfide) groups is 1. The summed E-state index contributed by atoms with van der Waals surface area (Å²) in [6, 6.07) is 0. The first-order valence-corrected chi connectivity index (χ1v) is 2.45. The van der Waals surface area contributed by atoms with E-state index in [-0.39, 0.29) is 50.9 Å². The van der Waals surface area contributed by atoms with Gasteiger partial charge in [0, 0.05) is 0 Å². The van der Waals surface area contributed by atoms with Crippen LogP contribution >= 0.6 is 62.7 Å². The Bertz CT molecular complexity index is 8.75. The summed E-state index contributed by atoms with van der Waals surface area (Å²) in [4.78, 5) is 0. The SMILES string of the molecule is Br.Br.Br.CSC. The lowest BCUT2D eigenvalue weighted by Gasteiger charge is -1.51. The zero-order valence-corrected chi connectivity index (χ0v) is 9.59. The molecule has 0 radical (unpaired) electrons. The van der Waals surface area contributed by atoms with Crippen molar-refractivity contribution in [2.45, 2.75) is 0 Å². The first-order valence-electron chi connectivity index (χ1n) is 0.816. The third kappa shape index (κ3) is 41.5. The van der Waals surface area contributed by atoms with E-state index in [0.29, 0.717) is 0 Å². The van der Waals surface area contributed by atoms with Gasteiger partial charge in [0.05, 0.1) is 0 Å². The molecule has 0 rings (SSSR count). The standard InChI is InChI=1S/C2H6S.3BrH/c1-3-2;;;/h1-2H3;3*1H. The molecule has 0 atom stereocenters. The topological polar surface area (TPSA) is 0 Å². The lowest BCUT2D eigenvalue weighted by molar-refractivity contribution is 2.37. The average Bonchev–Trinajstić information content (AvgIpc) is 0.918. The van der Waals surface area contributed by atoms with Crippen LogP contribution in [0.15, 0.2) is 0 Å². The molecule has 0 unspecified atom stereocenters. The van der Waals surface area contributed by atoms with E-state index >= 15 is 0 Å². The van der Waals surface area contributed by atoms with Crippen LogP contribution in [0.3, 0.4) is 0 Å². The van der Waals surface area contributed by atoms with E-state index in [4.69, 9.17) is 0 Å². The van der Waals surface area contributed by atoms with Gasteiger partial charge in [0.25, 0.3) is 0 Å². The molecule has 6 heavy (non-hydrogen) atoms. The summed E-state index contributed by atoms with van der Waals surface area (Å²) in [6.45, 7) is 0. The summed E-state index contributed by atoms with van der Waals surface area (Å²) in [7, 11) is 0. The van der Waals surface area contributed by atoms with E-state index in [1.807, 2.05) is 12.5 Å². The maximum atomic E-state index is 2.04. The second-order valence-corrected chi connectivity index (χ2v) is 1.22. The van der Waals surface area contributed by atoms with Crippen LogP contribution in [0.25, 0.3) is 0 Å². The Kier molecular flexibility index (Phi) is 122. The smallest absolute Gasteiger partial charge is 0.0187 e. The second-order valence-electron chi connectivity index (χ2n) is 0.408. The number of hydrogen-bond donors (Lipinski definition) is 0. The molecule has 0 aromatic heterocycles. The highest BCUT2D eigenvalue weighted by Crippen LogP contribution is 1.70. The quantitative estimate of drug-likeness (QED) is 0.663. The summed E-state index contributed by atoms with van der Waals surface area (Å²) >= 11 is 1.75. The monoisotopic (exact) mass is 302 g/mol. The highest BCUT2D eigenvalue weighted by atomic mass is 79.9. The molecule has 0 saturated carbocycles. The Balaban J connectivity index is -0.00000000667. The van der Waals surface area contributed by atoms with Gasteiger partial charge in [0.15, 0.2) is 0 Å². The molecule has 4 heteroatoms. The van der Waals surface area contributed by atoms with Crippen LogP contribution in [0.5, 0.6) is 0 Å². The molecule has 0 heterocycles. The van der Waals surface area contributed by atoms with Gasteiger partial charge < -0.3 is 0 Å². The van der Waals surface area contributed by atoms with Crippen molar-refractivity contribution >= 4 is 62.7 Å². The van der Waals surface area contributed by atoms with E-state index in [9.17, 15) is 0 Å². The van der Waals surface area contributed by atoms with Gasteiger partial charge in [-0.25, -0.2) is 0 Å². The van der Waals surface area contributed by atoms with Crippen LogP contribution in [-0.4, -0.2) is 12.5 Å². The summed E-state index contributed by atoms with van der Waals surface area (Å²) < 4.78 is 0. The minimum atomic E-state index is 0. The molecule has 0 amide bonds. The molecule has 0 nitrogen and oxygen atoms in total. The van der Waals surface area contributed by atoms with Crippen molar-refractivity contribution in [3.63, 3.8) is 0 Å². The first-order chi connectivity index (χ1) is 1.41. The van der Waals surface area contributed by atoms with E-state index < -0.39 is 0 Å². The summed E-state index contributed by atoms with van der Waals surface area (Å²) in [5, 5.41) is 0. The zero-order chi connectivity index (χ0) is 2.71. The Morgan fingerprint density at radius 3 is 0.833 bits per heavy atom. The fraction of sp³-hybridized carbons (Fsp3) is 1.00. The predicted octanol–water partition coefficient (Wildman–Crippen LogP) is 2.71. The average molecular weight is 305 g/mol. The maximum Gasteiger partial charge on any atom is -0.0187 e. The highest BCUT2D eigenvalue weighted by molar-refractivity contribution is 8.93. The predicted molar refractivity (Wildman–Crippen MR) is 50.4 cm³/mol. The van der Waals surface area contributed by atoms with E-state index in [2.05, 4.69) is 0 Å². The van der Waals surface area contributed by atoms with Crippen LogP contribution in [0.1, 0.15) is 0 Å². The van der Waals surface area contributed by atoms with Gasteiger partial charge in [-0.3, -0.25) is 0 Å². The zero-order valence-electron chi connectivity index (χ0n) is 3.63. The van der Waals surface area contributed by atoms with Crippen molar-refractivity contribution < 1.29 is 0 Å². The molecule has 0 aliphatic rings. The van der Waals surface area contributed by atoms with Gasteiger partial charge in [-0.05, 0) is 12.5 Å². The third-order valence-electron chi connectivity index (χ3n) is 0. The second kappa shape index (κ2) is 29.2. The van der Waals surface area contributed by atoms with Gasteiger partial charge >= 0.3 is 0 Å². The van der Waals surface area contributed by atoms with Crippen LogP contribution in [0.2, 0.25) is 0 Å². The van der Waals surface area contributed by atoms with Crippen LogP contribution in [0, 0.1) is 0 Å². The molecule has 0 aromatic carbocycles. The summed E-state index contributed by atoms with van der Waals surface area (Å²) in [5.74, 6) is 0. The number of halogens is 3. The molecule has 0 fully saturated rings. The summed E-state index contributed by atoms with van der Waals surface area (Å²) in [6.07, 6.45) is 4.08. The van der Waals surface area contributed by atoms with Gasteiger partial charge in [-0.2, -0.15) is 11.8 Å². The fourth-order valence-corrected chi connectivity index (χ4v) is 0. The Morgan fingerprint density at radius 2 is 0.833 bits per heavy atom. The van der Waals surface area contributed by atoms with Crippen molar-refractivity contribution in [1.29, 1.82) is 0 Å². The van der Waals surface area contributed by atoms with E-state index in [1.165, 1.54) is 0 Å².